The highest BCUT2D eigenvalue weighted by Gasteiger charge is 2.24. The standard InChI is InChI=1S/C10H13N2O/c13-10(9-2-1-5-12-9)8-3-6-11-7-4-8/h3-4,6-7,9-10,12H,1-2,5H2/t9-,10?/m1/s1. The molecule has 1 N–H and O–H groups in total. The molecule has 3 nitrogen and oxygen atoms in total. The summed E-state index contributed by atoms with van der Waals surface area (Å²) in [6.45, 7) is 0.981. The monoisotopic (exact) mass is 177 g/mol. The van der Waals surface area contributed by atoms with Crippen molar-refractivity contribution in [3.8, 4) is 0 Å². The topological polar surface area (TPSA) is 44.8 Å². The van der Waals surface area contributed by atoms with Crippen molar-refractivity contribution in [1.82, 2.24) is 10.3 Å². The van der Waals surface area contributed by atoms with E-state index in [0.29, 0.717) is 0 Å². The van der Waals surface area contributed by atoms with Crippen LogP contribution in [0, 0.1) is 0 Å². The van der Waals surface area contributed by atoms with Crippen molar-refractivity contribution in [3.63, 3.8) is 0 Å². The van der Waals surface area contributed by atoms with Gasteiger partial charge in [-0.1, -0.05) is 0 Å². The van der Waals surface area contributed by atoms with Gasteiger partial charge in [0, 0.05) is 18.4 Å². The van der Waals surface area contributed by atoms with Gasteiger partial charge in [-0.05, 0) is 37.1 Å². The fourth-order valence-corrected chi connectivity index (χ4v) is 1.76. The van der Waals surface area contributed by atoms with E-state index >= 15 is 0 Å². The molecule has 1 fully saturated rings. The van der Waals surface area contributed by atoms with Crippen LogP contribution in [0.25, 0.3) is 0 Å². The number of rotatable bonds is 2. The van der Waals surface area contributed by atoms with E-state index < -0.39 is 6.10 Å². The molecule has 69 valence electrons. The van der Waals surface area contributed by atoms with Crippen molar-refractivity contribution in [2.45, 2.75) is 25.0 Å². The molecule has 1 radical (unpaired) electrons. The third-order valence-electron chi connectivity index (χ3n) is 2.50. The van der Waals surface area contributed by atoms with Crippen LogP contribution in [0.1, 0.15) is 24.5 Å². The maximum absolute atomic E-state index is 11.8. The zero-order valence-corrected chi connectivity index (χ0v) is 7.44. The second-order valence-electron chi connectivity index (χ2n) is 3.40. The van der Waals surface area contributed by atoms with Gasteiger partial charge in [-0.3, -0.25) is 4.98 Å². The second-order valence-corrected chi connectivity index (χ2v) is 3.40. The third kappa shape index (κ3) is 1.87. The quantitative estimate of drug-likeness (QED) is 0.740. The van der Waals surface area contributed by atoms with E-state index in [-0.39, 0.29) is 6.04 Å². The highest BCUT2D eigenvalue weighted by molar-refractivity contribution is 5.15. The molecule has 0 spiro atoms. The second kappa shape index (κ2) is 3.85. The van der Waals surface area contributed by atoms with Gasteiger partial charge >= 0.3 is 0 Å². The minimum Gasteiger partial charge on any atom is -0.311 e. The molecule has 3 heteroatoms. The summed E-state index contributed by atoms with van der Waals surface area (Å²) in [5.74, 6) is 0. The summed E-state index contributed by atoms with van der Waals surface area (Å²) in [5.41, 5.74) is 0.842. The van der Waals surface area contributed by atoms with Crippen molar-refractivity contribution < 1.29 is 5.11 Å². The average molecular weight is 177 g/mol. The van der Waals surface area contributed by atoms with Crippen LogP contribution in [0.4, 0.5) is 0 Å². The summed E-state index contributed by atoms with van der Waals surface area (Å²) in [4.78, 5) is 3.90. The van der Waals surface area contributed by atoms with Crippen LogP contribution >= 0.6 is 0 Å². The summed E-state index contributed by atoms with van der Waals surface area (Å²) in [5, 5.41) is 15.1. The van der Waals surface area contributed by atoms with Crippen LogP contribution < -0.4 is 5.32 Å². The number of nitrogens with one attached hydrogen (secondary N) is 1. The largest absolute Gasteiger partial charge is 0.311 e. The highest BCUT2D eigenvalue weighted by atomic mass is 16.3. The number of pyridine rings is 1. The lowest BCUT2D eigenvalue weighted by molar-refractivity contribution is 0.0588. The third-order valence-corrected chi connectivity index (χ3v) is 2.50. The molecule has 0 bridgehead atoms. The summed E-state index contributed by atoms with van der Waals surface area (Å²) < 4.78 is 0. The molecule has 0 amide bonds. The lowest BCUT2D eigenvalue weighted by Crippen LogP contribution is -2.27. The predicted molar refractivity (Wildman–Crippen MR) is 48.7 cm³/mol. The van der Waals surface area contributed by atoms with Crippen molar-refractivity contribution in [1.29, 1.82) is 0 Å². The van der Waals surface area contributed by atoms with Crippen LogP contribution in [-0.4, -0.2) is 17.6 Å². The minimum atomic E-state index is -0.634. The summed E-state index contributed by atoms with van der Waals surface area (Å²) in [6.07, 6.45) is 4.83. The Bertz CT molecular complexity index is 257. The smallest absolute Gasteiger partial charge is 0.133 e. The predicted octanol–water partition coefficient (Wildman–Crippen LogP) is 1.31. The zero-order valence-electron chi connectivity index (χ0n) is 7.44. The molecule has 2 atom stereocenters. The molecule has 1 unspecified atom stereocenters. The van der Waals surface area contributed by atoms with Gasteiger partial charge in [0.25, 0.3) is 0 Å². The summed E-state index contributed by atoms with van der Waals surface area (Å²) in [7, 11) is 0. The Morgan fingerprint density at radius 1 is 1.46 bits per heavy atom. The number of aromatic nitrogens is 1. The van der Waals surface area contributed by atoms with E-state index in [4.69, 9.17) is 0 Å². The van der Waals surface area contributed by atoms with Crippen LogP contribution in [0.15, 0.2) is 24.5 Å². The molecule has 1 aliphatic rings. The van der Waals surface area contributed by atoms with Gasteiger partial charge in [-0.15, -0.1) is 0 Å². The normalized spacial score (nSPS) is 24.5. The molecule has 1 aromatic rings. The van der Waals surface area contributed by atoms with Gasteiger partial charge in [0.1, 0.15) is 6.10 Å². The number of nitrogens with zero attached hydrogens (tertiary/aromatic N) is 1. The number of hydrogen-bond acceptors (Lipinski definition) is 2. The first-order chi connectivity index (χ1) is 6.38. The Balaban J connectivity index is 2.08. The van der Waals surface area contributed by atoms with E-state index in [1.165, 1.54) is 0 Å². The maximum Gasteiger partial charge on any atom is 0.133 e. The van der Waals surface area contributed by atoms with E-state index in [1.807, 2.05) is 0 Å². The minimum absolute atomic E-state index is 0.113. The number of hydrogen-bond donors (Lipinski definition) is 1. The Morgan fingerprint density at radius 2 is 2.23 bits per heavy atom. The van der Waals surface area contributed by atoms with Crippen LogP contribution in [0.5, 0.6) is 0 Å². The van der Waals surface area contributed by atoms with Crippen LogP contribution in [-0.2, 0) is 5.11 Å². The van der Waals surface area contributed by atoms with E-state index in [1.54, 1.807) is 24.5 Å². The summed E-state index contributed by atoms with van der Waals surface area (Å²) >= 11 is 0. The van der Waals surface area contributed by atoms with E-state index in [9.17, 15) is 5.11 Å². The van der Waals surface area contributed by atoms with Gasteiger partial charge in [0.2, 0.25) is 0 Å². The van der Waals surface area contributed by atoms with Crippen molar-refractivity contribution in [2.24, 2.45) is 0 Å². The molecule has 1 aliphatic heterocycles. The highest BCUT2D eigenvalue weighted by Crippen LogP contribution is 2.22. The first kappa shape index (κ1) is 8.66. The van der Waals surface area contributed by atoms with Gasteiger partial charge in [0.05, 0.1) is 0 Å². The van der Waals surface area contributed by atoms with E-state index in [2.05, 4.69) is 10.3 Å². The molecular formula is C10H13N2O. The van der Waals surface area contributed by atoms with Gasteiger partial charge in [-0.2, -0.15) is 0 Å². The lowest BCUT2D eigenvalue weighted by atomic mass is 10.0. The first-order valence-corrected chi connectivity index (χ1v) is 4.67. The molecular weight excluding hydrogens is 164 g/mol. The SMILES string of the molecule is [O]C(c1ccncc1)[C@H]1CCCN1. The fourth-order valence-electron chi connectivity index (χ4n) is 1.76. The molecule has 2 heterocycles. The molecule has 13 heavy (non-hydrogen) atoms. The van der Waals surface area contributed by atoms with Gasteiger partial charge < -0.3 is 5.32 Å². The van der Waals surface area contributed by atoms with Crippen molar-refractivity contribution in [3.05, 3.63) is 30.1 Å². The van der Waals surface area contributed by atoms with Crippen molar-refractivity contribution in [2.75, 3.05) is 6.54 Å². The fraction of sp³-hybridized carbons (Fsp3) is 0.500. The summed E-state index contributed by atoms with van der Waals surface area (Å²) in [6, 6.07) is 3.72. The average Bonchev–Trinajstić information content (AvgIpc) is 2.71. The lowest BCUT2D eigenvalue weighted by Gasteiger charge is -2.15. The Morgan fingerprint density at radius 3 is 2.85 bits per heavy atom. The van der Waals surface area contributed by atoms with E-state index in [0.717, 1.165) is 24.9 Å². The molecule has 0 saturated carbocycles. The van der Waals surface area contributed by atoms with Gasteiger partial charge in [0.15, 0.2) is 0 Å². The maximum atomic E-state index is 11.8. The molecule has 2 rings (SSSR count). The first-order valence-electron chi connectivity index (χ1n) is 4.67. The van der Waals surface area contributed by atoms with Crippen molar-refractivity contribution >= 4 is 0 Å². The Labute approximate surface area is 77.8 Å². The Kier molecular flexibility index (Phi) is 2.57. The van der Waals surface area contributed by atoms with Gasteiger partial charge in [-0.25, -0.2) is 5.11 Å². The van der Waals surface area contributed by atoms with Crippen LogP contribution in [0.3, 0.4) is 0 Å². The molecule has 0 aliphatic carbocycles. The molecule has 0 aromatic carbocycles. The molecule has 1 saturated heterocycles. The molecule has 1 aromatic heterocycles. The Hall–Kier alpha value is -0.930. The zero-order chi connectivity index (χ0) is 9.10. The van der Waals surface area contributed by atoms with Crippen LogP contribution in [0.2, 0.25) is 0 Å².